The first-order valence-corrected chi connectivity index (χ1v) is 19.7. The maximum Gasteiger partial charge on any atom is 0.160 e. The molecule has 0 saturated carbocycles. The van der Waals surface area contributed by atoms with E-state index in [4.69, 9.17) is 9.97 Å². The Kier molecular flexibility index (Phi) is 5.71. The molecule has 0 unspecified atom stereocenters. The predicted molar refractivity (Wildman–Crippen MR) is 228 cm³/mol. The van der Waals surface area contributed by atoms with Crippen LogP contribution >= 0.6 is 11.3 Å². The number of aromatic nitrogens is 3. The third-order valence-corrected chi connectivity index (χ3v) is 13.4. The number of nitrogens with zero attached hydrogens (tertiary/aromatic N) is 3. The fourth-order valence-electron chi connectivity index (χ4n) is 10.1. The molecule has 2 aliphatic rings. The minimum absolute atomic E-state index is 0.429. The lowest BCUT2D eigenvalue weighted by molar-refractivity contribution is 0.783. The van der Waals surface area contributed by atoms with E-state index in [1.807, 2.05) is 0 Å². The highest BCUT2D eigenvalue weighted by molar-refractivity contribution is 7.26. The van der Waals surface area contributed by atoms with E-state index >= 15 is 0 Å². The van der Waals surface area contributed by atoms with E-state index in [0.29, 0.717) is 0 Å². The van der Waals surface area contributed by atoms with Gasteiger partial charge in [-0.2, -0.15) is 0 Å². The van der Waals surface area contributed by atoms with Gasteiger partial charge in [-0.1, -0.05) is 146 Å². The van der Waals surface area contributed by atoms with Crippen LogP contribution in [0.1, 0.15) is 22.3 Å². The maximum absolute atomic E-state index is 5.33. The van der Waals surface area contributed by atoms with Crippen molar-refractivity contribution in [1.82, 2.24) is 14.5 Å². The minimum Gasteiger partial charge on any atom is -0.309 e. The number of fused-ring (bicyclic) bond motifs is 10. The van der Waals surface area contributed by atoms with Crippen molar-refractivity contribution in [3.8, 4) is 39.5 Å². The lowest BCUT2D eigenvalue weighted by Gasteiger charge is -2.37. The van der Waals surface area contributed by atoms with Gasteiger partial charge in [-0.05, 0) is 74.5 Å². The first kappa shape index (κ1) is 29.6. The normalized spacial score (nSPS) is 13.6. The van der Waals surface area contributed by atoms with Crippen LogP contribution in [0, 0.1) is 0 Å². The van der Waals surface area contributed by atoms with Crippen molar-refractivity contribution in [2.24, 2.45) is 0 Å². The number of hydrogen-bond acceptors (Lipinski definition) is 3. The largest absolute Gasteiger partial charge is 0.309 e. The van der Waals surface area contributed by atoms with E-state index in [-0.39, 0.29) is 0 Å². The Hall–Kier alpha value is -6.88. The Balaban J connectivity index is 1.10. The second-order valence-corrected chi connectivity index (χ2v) is 15.9. The summed E-state index contributed by atoms with van der Waals surface area (Å²) in [4.78, 5) is 10.6. The van der Waals surface area contributed by atoms with Crippen molar-refractivity contribution in [3.63, 3.8) is 0 Å². The van der Waals surface area contributed by atoms with Crippen LogP contribution in [0.5, 0.6) is 0 Å². The van der Waals surface area contributed by atoms with Gasteiger partial charge in [0.05, 0.1) is 32.4 Å². The zero-order valence-electron chi connectivity index (χ0n) is 29.5. The maximum atomic E-state index is 5.33. The molecular weight excluding hydrogens is 687 g/mol. The molecule has 3 aromatic heterocycles. The summed E-state index contributed by atoms with van der Waals surface area (Å²) in [6.07, 6.45) is 0. The number of hydrogen-bond donors (Lipinski definition) is 0. The van der Waals surface area contributed by atoms with E-state index in [1.54, 1.807) is 11.3 Å². The Morgan fingerprint density at radius 3 is 1.96 bits per heavy atom. The van der Waals surface area contributed by atoms with E-state index in [0.717, 1.165) is 38.5 Å². The Morgan fingerprint density at radius 2 is 1.13 bits per heavy atom. The second-order valence-electron chi connectivity index (χ2n) is 14.8. The topological polar surface area (TPSA) is 30.7 Å². The van der Waals surface area contributed by atoms with Gasteiger partial charge in [0.25, 0.3) is 0 Å². The smallest absolute Gasteiger partial charge is 0.160 e. The molecule has 3 nitrogen and oxygen atoms in total. The molecule has 8 aromatic carbocycles. The van der Waals surface area contributed by atoms with Crippen LogP contribution < -0.4 is 0 Å². The average molecular weight is 716 g/mol. The number of rotatable bonds is 3. The summed E-state index contributed by atoms with van der Waals surface area (Å²) >= 11 is 1.77. The summed E-state index contributed by atoms with van der Waals surface area (Å²) in [6, 6.07) is 64.5. The van der Waals surface area contributed by atoms with Gasteiger partial charge < -0.3 is 4.57 Å². The first-order valence-electron chi connectivity index (χ1n) is 18.8. The molecule has 2 aliphatic carbocycles. The SMILES string of the molecule is c1ccc(-c2nc(-c3cccc(-n4c5cccc6c5c5c7c(cccc7ccc54)C64c5ccccc5-c5ccccc54)c3)nc3c2sc2ccccc23)cc1. The second kappa shape index (κ2) is 10.6. The van der Waals surface area contributed by atoms with Crippen molar-refractivity contribution in [3.05, 3.63) is 198 Å². The predicted octanol–water partition coefficient (Wildman–Crippen LogP) is 13.1. The molecule has 0 N–H and O–H groups in total. The number of benzene rings is 8. The van der Waals surface area contributed by atoms with E-state index < -0.39 is 5.41 Å². The standard InChI is InChI=1S/C51H29N3S/c1-2-13-31(14-3-1)47-49-48(36-20-6-9-26-43(36)55-49)53-50(52-47)32-16-10-17-33(29-32)54-41-25-12-24-40-45(41)46-42(54)28-27-30-15-11-23-39(44(30)46)51(40)37-21-7-4-18-34(37)35-19-5-8-22-38(35)51/h1-29H. The molecule has 0 fully saturated rings. The molecule has 55 heavy (non-hydrogen) atoms. The molecule has 0 amide bonds. The molecule has 13 rings (SSSR count). The van der Waals surface area contributed by atoms with E-state index in [9.17, 15) is 0 Å². The summed E-state index contributed by atoms with van der Waals surface area (Å²) in [6.45, 7) is 0. The quantitative estimate of drug-likeness (QED) is 0.182. The molecule has 0 saturated heterocycles. The van der Waals surface area contributed by atoms with Gasteiger partial charge in [0.2, 0.25) is 0 Å². The fraction of sp³-hybridized carbons (Fsp3) is 0.0196. The van der Waals surface area contributed by atoms with Crippen LogP contribution in [0.3, 0.4) is 0 Å². The molecule has 254 valence electrons. The third-order valence-electron chi connectivity index (χ3n) is 12.2. The van der Waals surface area contributed by atoms with Crippen LogP contribution in [0.2, 0.25) is 0 Å². The summed E-state index contributed by atoms with van der Waals surface area (Å²) in [5, 5.41) is 6.43. The summed E-state index contributed by atoms with van der Waals surface area (Å²) < 4.78 is 4.81. The van der Waals surface area contributed by atoms with E-state index in [1.165, 1.54) is 76.0 Å². The first-order chi connectivity index (χ1) is 27.3. The molecule has 4 heteroatoms. The van der Waals surface area contributed by atoms with Crippen LogP contribution in [-0.4, -0.2) is 14.5 Å². The zero-order valence-corrected chi connectivity index (χ0v) is 30.3. The summed E-state index contributed by atoms with van der Waals surface area (Å²) in [7, 11) is 0. The highest BCUT2D eigenvalue weighted by Gasteiger charge is 2.49. The van der Waals surface area contributed by atoms with Crippen LogP contribution in [0.15, 0.2) is 176 Å². The lowest BCUT2D eigenvalue weighted by Crippen LogP contribution is -2.30. The summed E-state index contributed by atoms with van der Waals surface area (Å²) in [5.74, 6) is 0.730. The van der Waals surface area contributed by atoms with Gasteiger partial charge in [0.15, 0.2) is 5.82 Å². The van der Waals surface area contributed by atoms with Crippen LogP contribution in [0.25, 0.3) is 92.3 Å². The Bertz CT molecular complexity index is 3400. The van der Waals surface area contributed by atoms with Crippen molar-refractivity contribution in [2.45, 2.75) is 5.41 Å². The molecule has 11 aromatic rings. The Morgan fingerprint density at radius 1 is 0.473 bits per heavy atom. The van der Waals surface area contributed by atoms with Gasteiger partial charge in [0.1, 0.15) is 0 Å². The molecular formula is C51H29N3S. The van der Waals surface area contributed by atoms with E-state index in [2.05, 4.69) is 180 Å². The average Bonchev–Trinajstić information content (AvgIpc) is 3.90. The van der Waals surface area contributed by atoms with Gasteiger partial charge in [-0.25, -0.2) is 9.97 Å². The van der Waals surface area contributed by atoms with Crippen molar-refractivity contribution < 1.29 is 0 Å². The van der Waals surface area contributed by atoms with Gasteiger partial charge in [0, 0.05) is 37.7 Å². The zero-order chi connectivity index (χ0) is 35.8. The lowest BCUT2D eigenvalue weighted by atomic mass is 9.63. The summed E-state index contributed by atoms with van der Waals surface area (Å²) in [5.41, 5.74) is 15.2. The van der Waals surface area contributed by atoms with Crippen molar-refractivity contribution in [1.29, 1.82) is 0 Å². The molecule has 0 radical (unpaired) electrons. The minimum atomic E-state index is -0.429. The van der Waals surface area contributed by atoms with Crippen LogP contribution in [-0.2, 0) is 5.41 Å². The van der Waals surface area contributed by atoms with Gasteiger partial charge in [-0.15, -0.1) is 11.3 Å². The van der Waals surface area contributed by atoms with Crippen molar-refractivity contribution in [2.75, 3.05) is 0 Å². The molecule has 3 heterocycles. The molecule has 0 atom stereocenters. The number of thiophene rings is 1. The third kappa shape index (κ3) is 3.70. The highest BCUT2D eigenvalue weighted by atomic mass is 32.1. The highest BCUT2D eigenvalue weighted by Crippen LogP contribution is 2.62. The molecule has 0 bridgehead atoms. The van der Waals surface area contributed by atoms with Crippen LogP contribution in [0.4, 0.5) is 0 Å². The Labute approximate surface area is 320 Å². The fourth-order valence-corrected chi connectivity index (χ4v) is 11.2. The van der Waals surface area contributed by atoms with Gasteiger partial charge >= 0.3 is 0 Å². The molecule has 1 spiro atoms. The molecule has 0 aliphatic heterocycles. The van der Waals surface area contributed by atoms with Gasteiger partial charge in [-0.3, -0.25) is 0 Å². The monoisotopic (exact) mass is 715 g/mol. The van der Waals surface area contributed by atoms with Crippen molar-refractivity contribution >= 4 is 64.2 Å².